The third kappa shape index (κ3) is 3.78. The third-order valence-corrected chi connectivity index (χ3v) is 3.38. The highest BCUT2D eigenvalue weighted by Crippen LogP contribution is 2.47. The van der Waals surface area contributed by atoms with Gasteiger partial charge in [0.2, 0.25) is 7.37 Å². The van der Waals surface area contributed by atoms with Crippen molar-refractivity contribution in [2.24, 2.45) is 0 Å². The van der Waals surface area contributed by atoms with Crippen molar-refractivity contribution in [3.8, 4) is 11.8 Å². The average molecular weight is 216 g/mol. The van der Waals surface area contributed by atoms with Gasteiger partial charge in [-0.2, -0.15) is 0 Å². The zero-order valence-electron chi connectivity index (χ0n) is 8.19. The summed E-state index contributed by atoms with van der Waals surface area (Å²) >= 11 is 0. The zero-order chi connectivity index (χ0) is 11.2. The van der Waals surface area contributed by atoms with Gasteiger partial charge in [0.05, 0.1) is 6.61 Å². The Kier molecular flexibility index (Phi) is 5.22. The molecule has 0 radical (unpaired) electrons. The van der Waals surface area contributed by atoms with E-state index in [1.165, 1.54) is 19.7 Å². The van der Waals surface area contributed by atoms with Crippen LogP contribution < -0.4 is 0 Å². The maximum absolute atomic E-state index is 11.8. The van der Waals surface area contributed by atoms with E-state index in [-0.39, 0.29) is 6.61 Å². The summed E-state index contributed by atoms with van der Waals surface area (Å²) in [6.45, 7) is 6.20. The van der Waals surface area contributed by atoms with E-state index in [0.717, 1.165) is 0 Å². The minimum atomic E-state index is -3.24. The van der Waals surface area contributed by atoms with Gasteiger partial charge in [0, 0.05) is 6.66 Å². The van der Waals surface area contributed by atoms with Crippen molar-refractivity contribution in [1.82, 2.24) is 0 Å². The van der Waals surface area contributed by atoms with Crippen molar-refractivity contribution in [3.63, 3.8) is 0 Å². The molecule has 0 aliphatic heterocycles. The van der Waals surface area contributed by atoms with Gasteiger partial charge in [0.25, 0.3) is 0 Å². The fraction of sp³-hybridized carbons (Fsp3) is 0.444. The molecule has 0 aromatic heterocycles. The quantitative estimate of drug-likeness (QED) is 0.430. The van der Waals surface area contributed by atoms with Gasteiger partial charge in [0.15, 0.2) is 5.66 Å². The first-order chi connectivity index (χ1) is 6.45. The van der Waals surface area contributed by atoms with Crippen LogP contribution in [0.15, 0.2) is 12.7 Å². The van der Waals surface area contributed by atoms with Gasteiger partial charge in [-0.3, -0.25) is 9.36 Å². The van der Waals surface area contributed by atoms with Gasteiger partial charge in [-0.15, -0.1) is 12.5 Å². The van der Waals surface area contributed by atoms with Gasteiger partial charge in [-0.05, 0) is 6.92 Å². The largest absolute Gasteiger partial charge is 0.480 e. The minimum Gasteiger partial charge on any atom is -0.480 e. The Morgan fingerprint density at radius 2 is 2.36 bits per heavy atom. The number of hydrogen-bond acceptors (Lipinski definition) is 3. The summed E-state index contributed by atoms with van der Waals surface area (Å²) < 4.78 is 16.7. The Bertz CT molecular complexity index is 323. The molecule has 78 valence electrons. The molecule has 0 rings (SSSR count). The van der Waals surface area contributed by atoms with Crippen LogP contribution in [0.2, 0.25) is 0 Å². The molecule has 0 saturated heterocycles. The molecule has 0 saturated carbocycles. The zero-order valence-corrected chi connectivity index (χ0v) is 9.08. The molecule has 0 fully saturated rings. The fourth-order valence-electron chi connectivity index (χ4n) is 0.792. The van der Waals surface area contributed by atoms with Crippen LogP contribution in [0, 0.1) is 11.8 Å². The van der Waals surface area contributed by atoms with Crippen LogP contribution in [-0.2, 0) is 13.9 Å². The smallest absolute Gasteiger partial charge is 0.328 e. The molecule has 0 aromatic carbocycles. The maximum atomic E-state index is 11.8. The molecule has 0 bridgehead atoms. The minimum absolute atomic E-state index is 0.0585. The second-order valence-corrected chi connectivity index (χ2v) is 5.22. The Morgan fingerprint density at radius 1 is 1.79 bits per heavy atom. The van der Waals surface area contributed by atoms with Crippen molar-refractivity contribution >= 4 is 13.3 Å². The van der Waals surface area contributed by atoms with E-state index in [4.69, 9.17) is 9.63 Å². The first kappa shape index (κ1) is 13.0. The predicted octanol–water partition coefficient (Wildman–Crippen LogP) is 1.57. The lowest BCUT2D eigenvalue weighted by Crippen LogP contribution is -2.19. The standard InChI is InChI=1S/C9H13O4P/c1-4-6-8(9(10)11)14(3,12)13-7-5-2/h5,8H,2,7H2,1,3H3,(H,10,11). The second kappa shape index (κ2) is 5.64. The van der Waals surface area contributed by atoms with Crippen molar-refractivity contribution in [3.05, 3.63) is 12.7 Å². The Morgan fingerprint density at radius 3 is 2.71 bits per heavy atom. The summed E-state index contributed by atoms with van der Waals surface area (Å²) in [7, 11) is -3.24. The van der Waals surface area contributed by atoms with Crippen molar-refractivity contribution in [1.29, 1.82) is 0 Å². The lowest BCUT2D eigenvalue weighted by Gasteiger charge is -2.15. The summed E-state index contributed by atoms with van der Waals surface area (Å²) in [4.78, 5) is 10.7. The van der Waals surface area contributed by atoms with Gasteiger partial charge in [-0.25, -0.2) is 0 Å². The van der Waals surface area contributed by atoms with E-state index < -0.39 is 19.0 Å². The van der Waals surface area contributed by atoms with Crippen LogP contribution in [-0.4, -0.2) is 30.0 Å². The van der Waals surface area contributed by atoms with Crippen LogP contribution in [0.3, 0.4) is 0 Å². The molecular weight excluding hydrogens is 203 g/mol. The van der Waals surface area contributed by atoms with E-state index in [1.54, 1.807) is 0 Å². The first-order valence-corrected chi connectivity index (χ1v) is 6.07. The number of aliphatic carboxylic acids is 1. The van der Waals surface area contributed by atoms with E-state index in [0.29, 0.717) is 0 Å². The maximum Gasteiger partial charge on any atom is 0.328 e. The van der Waals surface area contributed by atoms with Gasteiger partial charge >= 0.3 is 5.97 Å². The van der Waals surface area contributed by atoms with E-state index in [1.807, 2.05) is 0 Å². The van der Waals surface area contributed by atoms with E-state index in [2.05, 4.69) is 18.4 Å². The summed E-state index contributed by atoms with van der Waals surface area (Å²) in [6.07, 6.45) is 1.41. The van der Waals surface area contributed by atoms with Gasteiger partial charge in [-0.1, -0.05) is 12.0 Å². The van der Waals surface area contributed by atoms with Crippen LogP contribution >= 0.6 is 7.37 Å². The van der Waals surface area contributed by atoms with Crippen LogP contribution in [0.25, 0.3) is 0 Å². The van der Waals surface area contributed by atoms with Crippen molar-refractivity contribution < 1.29 is 19.0 Å². The number of carboxylic acids is 1. The van der Waals surface area contributed by atoms with Crippen LogP contribution in [0.4, 0.5) is 0 Å². The average Bonchev–Trinajstić information content (AvgIpc) is 2.10. The lowest BCUT2D eigenvalue weighted by atomic mass is 10.4. The van der Waals surface area contributed by atoms with Crippen LogP contribution in [0.5, 0.6) is 0 Å². The molecule has 0 amide bonds. The first-order valence-electron chi connectivity index (χ1n) is 3.93. The SMILES string of the molecule is C=CCOP(C)(=O)C(C#CC)C(=O)O. The number of carbonyl (C=O) groups is 1. The molecule has 0 aliphatic carbocycles. The van der Waals surface area contributed by atoms with Crippen molar-refractivity contribution in [2.75, 3.05) is 13.3 Å². The molecule has 14 heavy (non-hydrogen) atoms. The summed E-state index contributed by atoms with van der Waals surface area (Å²) in [6, 6.07) is 0. The third-order valence-electron chi connectivity index (χ3n) is 1.43. The molecule has 0 heterocycles. The molecule has 5 heteroatoms. The molecule has 1 N–H and O–H groups in total. The molecule has 0 aliphatic rings. The molecule has 2 unspecified atom stereocenters. The Labute approximate surface area is 83.4 Å². The molecular formula is C9H13O4P. The number of hydrogen-bond donors (Lipinski definition) is 1. The highest BCUT2D eigenvalue weighted by Gasteiger charge is 2.33. The fourth-order valence-corrected chi connectivity index (χ4v) is 2.11. The molecule has 0 aromatic rings. The van der Waals surface area contributed by atoms with Gasteiger partial charge in [0.1, 0.15) is 0 Å². The summed E-state index contributed by atoms with van der Waals surface area (Å²) in [5.74, 6) is 3.55. The highest BCUT2D eigenvalue weighted by atomic mass is 31.2. The topological polar surface area (TPSA) is 63.6 Å². The normalized spacial score (nSPS) is 15.9. The van der Waals surface area contributed by atoms with Crippen molar-refractivity contribution in [2.45, 2.75) is 12.6 Å². The molecule has 4 nitrogen and oxygen atoms in total. The number of carboxylic acid groups (broad SMARTS) is 1. The van der Waals surface area contributed by atoms with Crippen LogP contribution in [0.1, 0.15) is 6.92 Å². The molecule has 2 atom stereocenters. The Balaban J connectivity index is 4.77. The summed E-state index contributed by atoms with van der Waals surface area (Å²) in [5.41, 5.74) is -1.26. The Hall–Kier alpha value is -1.04. The summed E-state index contributed by atoms with van der Waals surface area (Å²) in [5, 5.41) is 8.76. The molecule has 0 spiro atoms. The second-order valence-electron chi connectivity index (χ2n) is 2.63. The number of rotatable bonds is 5. The van der Waals surface area contributed by atoms with E-state index >= 15 is 0 Å². The lowest BCUT2D eigenvalue weighted by molar-refractivity contribution is -0.135. The highest BCUT2D eigenvalue weighted by molar-refractivity contribution is 7.60. The monoisotopic (exact) mass is 216 g/mol. The van der Waals surface area contributed by atoms with E-state index in [9.17, 15) is 9.36 Å². The van der Waals surface area contributed by atoms with Gasteiger partial charge < -0.3 is 9.63 Å². The predicted molar refractivity (Wildman–Crippen MR) is 54.6 cm³/mol.